The van der Waals surface area contributed by atoms with Crippen molar-refractivity contribution in [3.63, 3.8) is 0 Å². The van der Waals surface area contributed by atoms with Crippen LogP contribution in [0.4, 0.5) is 0 Å². The SMILES string of the molecule is CC(NC(=O)CNC(=O)CN)c1ccc2c(c1)CCCC2. The first-order chi connectivity index (χ1) is 10.1. The summed E-state index contributed by atoms with van der Waals surface area (Å²) in [5.41, 5.74) is 9.11. The predicted octanol–water partition coefficient (Wildman–Crippen LogP) is 0.818. The minimum absolute atomic E-state index is 0.0364. The van der Waals surface area contributed by atoms with Crippen LogP contribution in [0.25, 0.3) is 0 Å². The van der Waals surface area contributed by atoms with Gasteiger partial charge in [-0.05, 0) is 49.3 Å². The Kier molecular flexibility index (Phi) is 5.33. The Labute approximate surface area is 125 Å². The molecule has 5 heteroatoms. The van der Waals surface area contributed by atoms with Gasteiger partial charge in [0.15, 0.2) is 0 Å². The van der Waals surface area contributed by atoms with Crippen molar-refractivity contribution in [2.45, 2.75) is 38.6 Å². The monoisotopic (exact) mass is 289 g/mol. The summed E-state index contributed by atoms with van der Waals surface area (Å²) < 4.78 is 0. The highest BCUT2D eigenvalue weighted by molar-refractivity contribution is 5.85. The van der Waals surface area contributed by atoms with Crippen molar-refractivity contribution in [3.8, 4) is 0 Å². The summed E-state index contributed by atoms with van der Waals surface area (Å²) >= 11 is 0. The average molecular weight is 289 g/mol. The molecule has 1 aromatic carbocycles. The van der Waals surface area contributed by atoms with E-state index in [1.165, 1.54) is 24.0 Å². The maximum absolute atomic E-state index is 11.8. The highest BCUT2D eigenvalue weighted by Crippen LogP contribution is 2.24. The van der Waals surface area contributed by atoms with Gasteiger partial charge in [0.25, 0.3) is 0 Å². The number of nitrogens with one attached hydrogen (secondary N) is 2. The number of carbonyl (C=O) groups is 2. The van der Waals surface area contributed by atoms with Gasteiger partial charge in [0.1, 0.15) is 0 Å². The zero-order valence-corrected chi connectivity index (χ0v) is 12.4. The molecule has 1 aromatic rings. The average Bonchev–Trinajstić information content (AvgIpc) is 2.52. The van der Waals surface area contributed by atoms with Crippen molar-refractivity contribution in [1.82, 2.24) is 10.6 Å². The molecule has 21 heavy (non-hydrogen) atoms. The Morgan fingerprint density at radius 2 is 1.90 bits per heavy atom. The Morgan fingerprint density at radius 3 is 2.62 bits per heavy atom. The largest absolute Gasteiger partial charge is 0.348 e. The first-order valence-corrected chi connectivity index (χ1v) is 7.48. The van der Waals surface area contributed by atoms with Crippen LogP contribution in [0.3, 0.4) is 0 Å². The van der Waals surface area contributed by atoms with Gasteiger partial charge in [0, 0.05) is 0 Å². The third-order valence-corrected chi connectivity index (χ3v) is 3.88. The van der Waals surface area contributed by atoms with E-state index in [9.17, 15) is 9.59 Å². The van der Waals surface area contributed by atoms with Crippen molar-refractivity contribution < 1.29 is 9.59 Å². The second-order valence-electron chi connectivity index (χ2n) is 5.51. The fourth-order valence-electron chi connectivity index (χ4n) is 2.65. The second-order valence-corrected chi connectivity index (χ2v) is 5.51. The van der Waals surface area contributed by atoms with Crippen LogP contribution < -0.4 is 16.4 Å². The number of hydrogen-bond donors (Lipinski definition) is 3. The molecule has 0 saturated heterocycles. The molecule has 0 saturated carbocycles. The van der Waals surface area contributed by atoms with Crippen LogP contribution in [-0.4, -0.2) is 24.9 Å². The van der Waals surface area contributed by atoms with E-state index in [4.69, 9.17) is 5.73 Å². The van der Waals surface area contributed by atoms with Gasteiger partial charge in [0.2, 0.25) is 11.8 Å². The molecule has 0 heterocycles. The lowest BCUT2D eigenvalue weighted by Gasteiger charge is -2.20. The van der Waals surface area contributed by atoms with Gasteiger partial charge in [-0.1, -0.05) is 18.2 Å². The summed E-state index contributed by atoms with van der Waals surface area (Å²) in [5.74, 6) is -0.534. The molecule has 1 aliphatic carbocycles. The summed E-state index contributed by atoms with van der Waals surface area (Å²) in [4.78, 5) is 22.8. The van der Waals surface area contributed by atoms with Gasteiger partial charge in [-0.15, -0.1) is 0 Å². The van der Waals surface area contributed by atoms with Crippen molar-refractivity contribution in [3.05, 3.63) is 34.9 Å². The minimum atomic E-state index is -0.327. The smallest absolute Gasteiger partial charge is 0.239 e. The molecule has 1 atom stereocenters. The van der Waals surface area contributed by atoms with Crippen molar-refractivity contribution >= 4 is 11.8 Å². The molecular weight excluding hydrogens is 266 g/mol. The predicted molar refractivity (Wildman–Crippen MR) is 81.7 cm³/mol. The first-order valence-electron chi connectivity index (χ1n) is 7.48. The zero-order chi connectivity index (χ0) is 15.2. The lowest BCUT2D eigenvalue weighted by Crippen LogP contribution is -2.40. The van der Waals surface area contributed by atoms with E-state index < -0.39 is 0 Å². The van der Waals surface area contributed by atoms with Crippen LogP contribution in [0.2, 0.25) is 0 Å². The number of nitrogens with two attached hydrogens (primary N) is 1. The zero-order valence-electron chi connectivity index (χ0n) is 12.4. The third kappa shape index (κ3) is 4.29. The van der Waals surface area contributed by atoms with E-state index in [-0.39, 0.29) is 30.9 Å². The fraction of sp³-hybridized carbons (Fsp3) is 0.500. The summed E-state index contributed by atoms with van der Waals surface area (Å²) in [6.45, 7) is 1.81. The van der Waals surface area contributed by atoms with Crippen LogP contribution in [0, 0.1) is 0 Å². The maximum Gasteiger partial charge on any atom is 0.239 e. The summed E-state index contributed by atoms with van der Waals surface area (Å²) in [6.07, 6.45) is 4.78. The van der Waals surface area contributed by atoms with Crippen LogP contribution in [0.15, 0.2) is 18.2 Å². The normalized spacial score (nSPS) is 15.0. The van der Waals surface area contributed by atoms with Crippen LogP contribution in [-0.2, 0) is 22.4 Å². The molecule has 5 nitrogen and oxygen atoms in total. The Balaban J connectivity index is 1.92. The highest BCUT2D eigenvalue weighted by atomic mass is 16.2. The number of aryl methyl sites for hydroxylation is 2. The molecular formula is C16H23N3O2. The van der Waals surface area contributed by atoms with Gasteiger partial charge in [-0.2, -0.15) is 0 Å². The van der Waals surface area contributed by atoms with E-state index in [1.807, 2.05) is 6.92 Å². The topological polar surface area (TPSA) is 84.2 Å². The number of carbonyl (C=O) groups excluding carboxylic acids is 2. The van der Waals surface area contributed by atoms with Crippen molar-refractivity contribution in [2.75, 3.05) is 13.1 Å². The molecule has 2 amide bonds. The molecule has 0 aromatic heterocycles. The first kappa shape index (κ1) is 15.5. The van der Waals surface area contributed by atoms with Gasteiger partial charge in [0.05, 0.1) is 19.1 Å². The molecule has 1 aliphatic rings. The summed E-state index contributed by atoms with van der Waals surface area (Å²) in [5, 5.41) is 5.35. The van der Waals surface area contributed by atoms with Crippen molar-refractivity contribution in [2.24, 2.45) is 5.73 Å². The molecule has 114 valence electrons. The van der Waals surface area contributed by atoms with Gasteiger partial charge < -0.3 is 16.4 Å². The Morgan fingerprint density at radius 1 is 1.19 bits per heavy atom. The fourth-order valence-corrected chi connectivity index (χ4v) is 2.65. The van der Waals surface area contributed by atoms with Crippen LogP contribution >= 0.6 is 0 Å². The Hall–Kier alpha value is -1.88. The summed E-state index contributed by atoms with van der Waals surface area (Å²) in [6, 6.07) is 6.37. The lowest BCUT2D eigenvalue weighted by atomic mass is 9.89. The van der Waals surface area contributed by atoms with Crippen LogP contribution in [0.5, 0.6) is 0 Å². The number of rotatable bonds is 5. The van der Waals surface area contributed by atoms with E-state index in [0.717, 1.165) is 18.4 Å². The second kappa shape index (κ2) is 7.22. The van der Waals surface area contributed by atoms with E-state index in [2.05, 4.69) is 28.8 Å². The molecule has 4 N–H and O–H groups in total. The van der Waals surface area contributed by atoms with Crippen molar-refractivity contribution in [1.29, 1.82) is 0 Å². The van der Waals surface area contributed by atoms with Gasteiger partial charge in [-0.25, -0.2) is 0 Å². The number of fused-ring (bicyclic) bond motifs is 1. The molecule has 0 bridgehead atoms. The summed E-state index contributed by atoms with van der Waals surface area (Å²) in [7, 11) is 0. The molecule has 1 unspecified atom stereocenters. The molecule has 0 radical (unpaired) electrons. The molecule has 2 rings (SSSR count). The quantitative estimate of drug-likeness (QED) is 0.750. The van der Waals surface area contributed by atoms with Crippen LogP contribution in [0.1, 0.15) is 42.5 Å². The van der Waals surface area contributed by atoms with E-state index in [0.29, 0.717) is 0 Å². The molecule has 0 spiro atoms. The lowest BCUT2D eigenvalue weighted by molar-refractivity contribution is -0.125. The van der Waals surface area contributed by atoms with Gasteiger partial charge in [-0.3, -0.25) is 9.59 Å². The maximum atomic E-state index is 11.8. The Bertz CT molecular complexity index is 528. The number of amides is 2. The number of benzene rings is 1. The third-order valence-electron chi connectivity index (χ3n) is 3.88. The standard InChI is InChI=1S/C16H23N3O2/c1-11(19-16(21)10-18-15(20)9-17)13-7-6-12-4-2-3-5-14(12)8-13/h6-8,11H,2-5,9-10,17H2,1H3,(H,18,20)(H,19,21). The van der Waals surface area contributed by atoms with E-state index >= 15 is 0 Å². The highest BCUT2D eigenvalue weighted by Gasteiger charge is 2.14. The molecule has 0 fully saturated rings. The number of hydrogen-bond acceptors (Lipinski definition) is 3. The minimum Gasteiger partial charge on any atom is -0.348 e. The van der Waals surface area contributed by atoms with E-state index in [1.54, 1.807) is 0 Å². The molecule has 0 aliphatic heterocycles. The van der Waals surface area contributed by atoms with Gasteiger partial charge >= 0.3 is 0 Å².